The number of fused-ring (bicyclic) bond motifs is 1. The van der Waals surface area contributed by atoms with Gasteiger partial charge < -0.3 is 24.1 Å². The van der Waals surface area contributed by atoms with Gasteiger partial charge in [-0.15, -0.1) is 0 Å². The van der Waals surface area contributed by atoms with Crippen molar-refractivity contribution in [2.75, 3.05) is 20.1 Å². The molecule has 2 fully saturated rings. The SMILES string of the molecule is CNC(=O)c1coc(COC(=O)N2C[C@H]3CC(Oc4ccc(Cl)cc4)C[C@H]3C2)n1. The van der Waals surface area contributed by atoms with E-state index in [1.165, 1.54) is 13.3 Å². The van der Waals surface area contributed by atoms with Crippen molar-refractivity contribution < 1.29 is 23.5 Å². The molecule has 0 spiro atoms. The summed E-state index contributed by atoms with van der Waals surface area (Å²) in [6, 6.07) is 7.38. The molecule has 4 rings (SSSR count). The minimum Gasteiger partial charge on any atom is -0.490 e. The van der Waals surface area contributed by atoms with Gasteiger partial charge in [0.1, 0.15) is 12.0 Å². The van der Waals surface area contributed by atoms with Crippen LogP contribution in [0.4, 0.5) is 4.79 Å². The standard InChI is InChI=1S/C20H22ClN3O5/c1-22-19(25)17-10-27-18(23-17)11-28-20(26)24-8-12-6-16(7-13(12)9-24)29-15-4-2-14(21)3-5-15/h2-5,10,12-13,16H,6-9,11H2,1H3,(H,22,25)/t12-,13+,16?. The monoisotopic (exact) mass is 419 g/mol. The van der Waals surface area contributed by atoms with Crippen molar-refractivity contribution in [1.82, 2.24) is 15.2 Å². The van der Waals surface area contributed by atoms with E-state index < -0.39 is 6.09 Å². The predicted molar refractivity (Wildman–Crippen MR) is 104 cm³/mol. The van der Waals surface area contributed by atoms with Gasteiger partial charge in [0.15, 0.2) is 12.3 Å². The highest BCUT2D eigenvalue weighted by Gasteiger charge is 2.43. The summed E-state index contributed by atoms with van der Waals surface area (Å²) in [6.07, 6.45) is 2.82. The molecule has 154 valence electrons. The zero-order valence-corrected chi connectivity index (χ0v) is 16.7. The second kappa shape index (κ2) is 8.32. The number of halogens is 1. The molecule has 2 heterocycles. The summed E-state index contributed by atoms with van der Waals surface area (Å²) in [5.74, 6) is 1.46. The van der Waals surface area contributed by atoms with Gasteiger partial charge in [-0.1, -0.05) is 11.6 Å². The predicted octanol–water partition coefficient (Wildman–Crippen LogP) is 3.11. The molecule has 1 aromatic heterocycles. The number of carbonyl (C=O) groups is 2. The third-order valence-corrected chi connectivity index (χ3v) is 5.66. The quantitative estimate of drug-likeness (QED) is 0.800. The summed E-state index contributed by atoms with van der Waals surface area (Å²) in [5.41, 5.74) is 0.154. The summed E-state index contributed by atoms with van der Waals surface area (Å²) in [6.45, 7) is 1.20. The van der Waals surface area contributed by atoms with E-state index >= 15 is 0 Å². The Balaban J connectivity index is 1.23. The zero-order valence-electron chi connectivity index (χ0n) is 16.0. The lowest BCUT2D eigenvalue weighted by Gasteiger charge is -2.19. The molecule has 2 amide bonds. The number of benzene rings is 1. The Bertz CT molecular complexity index is 870. The molecule has 1 saturated carbocycles. The van der Waals surface area contributed by atoms with E-state index in [9.17, 15) is 9.59 Å². The highest BCUT2D eigenvalue weighted by molar-refractivity contribution is 6.30. The molecule has 0 radical (unpaired) electrons. The fourth-order valence-electron chi connectivity index (χ4n) is 4.02. The summed E-state index contributed by atoms with van der Waals surface area (Å²) in [4.78, 5) is 29.6. The van der Waals surface area contributed by atoms with Gasteiger partial charge in [-0.05, 0) is 48.9 Å². The topological polar surface area (TPSA) is 93.9 Å². The largest absolute Gasteiger partial charge is 0.490 e. The number of amides is 2. The van der Waals surface area contributed by atoms with Gasteiger partial charge in [0.25, 0.3) is 5.91 Å². The number of aromatic nitrogens is 1. The van der Waals surface area contributed by atoms with E-state index in [2.05, 4.69) is 10.3 Å². The van der Waals surface area contributed by atoms with Crippen LogP contribution in [0.2, 0.25) is 5.02 Å². The van der Waals surface area contributed by atoms with Crippen LogP contribution in [0.5, 0.6) is 5.75 Å². The molecule has 1 aliphatic carbocycles. The van der Waals surface area contributed by atoms with Crippen LogP contribution in [0, 0.1) is 11.8 Å². The Kier molecular flexibility index (Phi) is 5.62. The lowest BCUT2D eigenvalue weighted by Crippen LogP contribution is -2.31. The number of oxazole rings is 1. The van der Waals surface area contributed by atoms with Crippen LogP contribution < -0.4 is 10.1 Å². The van der Waals surface area contributed by atoms with E-state index in [4.69, 9.17) is 25.5 Å². The van der Waals surface area contributed by atoms with Crippen molar-refractivity contribution in [2.45, 2.75) is 25.6 Å². The molecular weight excluding hydrogens is 398 g/mol. The first-order valence-corrected chi connectivity index (χ1v) is 9.90. The van der Waals surface area contributed by atoms with Gasteiger partial charge in [-0.3, -0.25) is 4.79 Å². The molecule has 1 N–H and O–H groups in total. The van der Waals surface area contributed by atoms with E-state index in [0.29, 0.717) is 29.9 Å². The van der Waals surface area contributed by atoms with Gasteiger partial charge in [0, 0.05) is 25.2 Å². The fraction of sp³-hybridized carbons (Fsp3) is 0.450. The Labute approximate surface area is 173 Å². The van der Waals surface area contributed by atoms with Gasteiger partial charge in [-0.2, -0.15) is 0 Å². The number of carbonyl (C=O) groups excluding carboxylic acids is 2. The molecule has 2 aliphatic rings. The minimum absolute atomic E-state index is 0.107. The number of nitrogens with zero attached hydrogens (tertiary/aromatic N) is 2. The number of hydrogen-bond donors (Lipinski definition) is 1. The van der Waals surface area contributed by atoms with Crippen molar-refractivity contribution in [3.63, 3.8) is 0 Å². The molecular formula is C20H22ClN3O5. The molecule has 1 unspecified atom stereocenters. The average molecular weight is 420 g/mol. The van der Waals surface area contributed by atoms with Crippen molar-refractivity contribution in [1.29, 1.82) is 0 Å². The highest BCUT2D eigenvalue weighted by Crippen LogP contribution is 2.40. The number of hydrogen-bond acceptors (Lipinski definition) is 6. The summed E-state index contributed by atoms with van der Waals surface area (Å²) in [5, 5.41) is 3.14. The van der Waals surface area contributed by atoms with Crippen molar-refractivity contribution in [3.8, 4) is 5.75 Å². The Morgan fingerprint density at radius 1 is 1.24 bits per heavy atom. The van der Waals surface area contributed by atoms with Crippen LogP contribution in [-0.4, -0.2) is 48.1 Å². The van der Waals surface area contributed by atoms with Gasteiger partial charge in [0.2, 0.25) is 5.89 Å². The number of likely N-dealkylation sites (tertiary alicyclic amines) is 1. The summed E-state index contributed by atoms with van der Waals surface area (Å²) >= 11 is 5.91. The Hall–Kier alpha value is -2.74. The maximum absolute atomic E-state index is 12.4. The van der Waals surface area contributed by atoms with Crippen LogP contribution >= 0.6 is 11.6 Å². The normalized spacial score (nSPS) is 23.0. The smallest absolute Gasteiger partial charge is 0.410 e. The molecule has 0 bridgehead atoms. The molecule has 3 atom stereocenters. The first-order chi connectivity index (χ1) is 14.0. The number of ether oxygens (including phenoxy) is 2. The van der Waals surface area contributed by atoms with E-state index in [-0.39, 0.29) is 30.2 Å². The molecule has 1 saturated heterocycles. The van der Waals surface area contributed by atoms with Crippen LogP contribution in [0.25, 0.3) is 0 Å². The van der Waals surface area contributed by atoms with Crippen molar-refractivity contribution in [2.24, 2.45) is 11.8 Å². The lowest BCUT2D eigenvalue weighted by atomic mass is 10.0. The minimum atomic E-state index is -0.394. The molecule has 9 heteroatoms. The maximum atomic E-state index is 12.4. The first kappa shape index (κ1) is 19.6. The zero-order chi connectivity index (χ0) is 20.4. The number of rotatable bonds is 5. The first-order valence-electron chi connectivity index (χ1n) is 9.52. The second-order valence-electron chi connectivity index (χ2n) is 7.35. The molecule has 1 aliphatic heterocycles. The summed E-state index contributed by atoms with van der Waals surface area (Å²) < 4.78 is 16.5. The van der Waals surface area contributed by atoms with Crippen molar-refractivity contribution in [3.05, 3.63) is 47.1 Å². The highest BCUT2D eigenvalue weighted by atomic mass is 35.5. The van der Waals surface area contributed by atoms with Gasteiger partial charge in [-0.25, -0.2) is 9.78 Å². The molecule has 2 aromatic rings. The lowest BCUT2D eigenvalue weighted by molar-refractivity contribution is 0.0908. The summed E-state index contributed by atoms with van der Waals surface area (Å²) in [7, 11) is 1.51. The molecule has 8 nitrogen and oxygen atoms in total. The third kappa shape index (κ3) is 4.48. The number of nitrogens with one attached hydrogen (secondary N) is 1. The fourth-order valence-corrected chi connectivity index (χ4v) is 4.15. The third-order valence-electron chi connectivity index (χ3n) is 5.41. The van der Waals surface area contributed by atoms with E-state index in [1.54, 1.807) is 4.90 Å². The van der Waals surface area contributed by atoms with Gasteiger partial charge >= 0.3 is 6.09 Å². The van der Waals surface area contributed by atoms with E-state index in [0.717, 1.165) is 18.6 Å². The van der Waals surface area contributed by atoms with E-state index in [1.807, 2.05) is 24.3 Å². The molecule has 29 heavy (non-hydrogen) atoms. The van der Waals surface area contributed by atoms with Crippen LogP contribution in [-0.2, 0) is 11.3 Å². The van der Waals surface area contributed by atoms with Crippen molar-refractivity contribution >= 4 is 23.6 Å². The second-order valence-corrected chi connectivity index (χ2v) is 7.79. The van der Waals surface area contributed by atoms with Crippen LogP contribution in [0.15, 0.2) is 34.9 Å². The van der Waals surface area contributed by atoms with Crippen LogP contribution in [0.1, 0.15) is 29.2 Å². The average Bonchev–Trinajstić information content (AvgIpc) is 3.42. The molecule has 1 aromatic carbocycles. The Morgan fingerprint density at radius 3 is 2.59 bits per heavy atom. The maximum Gasteiger partial charge on any atom is 0.410 e. The Morgan fingerprint density at radius 2 is 1.93 bits per heavy atom. The van der Waals surface area contributed by atoms with Gasteiger partial charge in [0.05, 0.1) is 6.10 Å². The van der Waals surface area contributed by atoms with Crippen LogP contribution in [0.3, 0.4) is 0 Å².